The number of rotatable bonds is 7. The van der Waals surface area contributed by atoms with Crippen LogP contribution in [0.5, 0.6) is 0 Å². The molecule has 0 fully saturated rings. The normalized spacial score (nSPS) is 10.7. The van der Waals surface area contributed by atoms with E-state index < -0.39 is 0 Å². The lowest BCUT2D eigenvalue weighted by atomic mass is 10.3. The van der Waals surface area contributed by atoms with Crippen LogP contribution >= 0.6 is 35.6 Å². The van der Waals surface area contributed by atoms with E-state index in [4.69, 9.17) is 23.8 Å². The summed E-state index contributed by atoms with van der Waals surface area (Å²) < 4.78 is 0. The van der Waals surface area contributed by atoms with Gasteiger partial charge in [0.25, 0.3) is 0 Å². The van der Waals surface area contributed by atoms with Crippen molar-refractivity contribution in [2.24, 2.45) is 0 Å². The highest BCUT2D eigenvalue weighted by atomic mass is 35.5. The first-order valence-corrected chi connectivity index (χ1v) is 9.51. The summed E-state index contributed by atoms with van der Waals surface area (Å²) in [6.07, 6.45) is 1.09. The van der Waals surface area contributed by atoms with Crippen LogP contribution in [0, 0.1) is 0 Å². The van der Waals surface area contributed by atoms with Gasteiger partial charge in [0.15, 0.2) is 5.11 Å². The Labute approximate surface area is 158 Å². The Morgan fingerprint density at radius 3 is 2.54 bits per heavy atom. The molecule has 0 aromatic heterocycles. The molecule has 0 bridgehead atoms. The van der Waals surface area contributed by atoms with Gasteiger partial charge in [-0.15, -0.1) is 0 Å². The second-order valence-corrected chi connectivity index (χ2v) is 7.70. The first-order valence-electron chi connectivity index (χ1n) is 7.91. The molecule has 2 aromatic rings. The minimum Gasteiger partial charge on any atom is -0.362 e. The third-order valence-electron chi connectivity index (χ3n) is 3.32. The standard InChI is InChI=1S/C18H22ClN3S2/c1-22(2)13-5-12-20-18(23)21-16-6-3-4-7-17(16)24-15-10-8-14(19)9-11-15/h3-4,6-11H,5,12-13H2,1-2H3,(H2,20,21,23)/p+1. The Hall–Kier alpha value is -1.27. The average Bonchev–Trinajstić information content (AvgIpc) is 2.55. The summed E-state index contributed by atoms with van der Waals surface area (Å²) in [5.74, 6) is 0. The van der Waals surface area contributed by atoms with Crippen molar-refractivity contribution in [3.63, 3.8) is 0 Å². The zero-order valence-electron chi connectivity index (χ0n) is 13.9. The number of benzene rings is 2. The van der Waals surface area contributed by atoms with E-state index in [1.54, 1.807) is 11.8 Å². The monoisotopic (exact) mass is 380 g/mol. The Balaban J connectivity index is 1.93. The van der Waals surface area contributed by atoms with E-state index in [0.717, 1.165) is 40.0 Å². The first-order chi connectivity index (χ1) is 11.5. The van der Waals surface area contributed by atoms with Crippen LogP contribution in [0.25, 0.3) is 0 Å². The number of halogens is 1. The van der Waals surface area contributed by atoms with Gasteiger partial charge in [0.05, 0.1) is 26.3 Å². The van der Waals surface area contributed by atoms with Crippen molar-refractivity contribution in [2.75, 3.05) is 32.5 Å². The van der Waals surface area contributed by atoms with Crippen molar-refractivity contribution >= 4 is 46.4 Å². The van der Waals surface area contributed by atoms with E-state index in [9.17, 15) is 0 Å². The quantitative estimate of drug-likeness (QED) is 0.507. The summed E-state index contributed by atoms with van der Waals surface area (Å²) >= 11 is 13.0. The maximum atomic E-state index is 5.95. The second kappa shape index (κ2) is 9.89. The third kappa shape index (κ3) is 6.69. The van der Waals surface area contributed by atoms with Gasteiger partial charge in [0.1, 0.15) is 0 Å². The van der Waals surface area contributed by atoms with Gasteiger partial charge in [-0.1, -0.05) is 35.5 Å². The minimum atomic E-state index is 0.660. The van der Waals surface area contributed by atoms with Crippen molar-refractivity contribution < 1.29 is 4.90 Å². The zero-order valence-corrected chi connectivity index (χ0v) is 16.3. The Morgan fingerprint density at radius 2 is 1.83 bits per heavy atom. The molecule has 3 N–H and O–H groups in total. The highest BCUT2D eigenvalue weighted by molar-refractivity contribution is 7.99. The summed E-state index contributed by atoms with van der Waals surface area (Å²) in [7, 11) is 4.31. The van der Waals surface area contributed by atoms with Crippen LogP contribution in [-0.4, -0.2) is 32.3 Å². The van der Waals surface area contributed by atoms with Crippen molar-refractivity contribution in [3.8, 4) is 0 Å². The van der Waals surface area contributed by atoms with Crippen LogP contribution in [0.1, 0.15) is 6.42 Å². The molecule has 6 heteroatoms. The fraction of sp³-hybridized carbons (Fsp3) is 0.278. The SMILES string of the molecule is C[NH+](C)CCCNC(=S)Nc1ccccc1Sc1ccc(Cl)cc1. The fourth-order valence-electron chi connectivity index (χ4n) is 2.10. The maximum absolute atomic E-state index is 5.95. The molecule has 0 aliphatic carbocycles. The van der Waals surface area contributed by atoms with Gasteiger partial charge in [-0.05, 0) is 48.6 Å². The topological polar surface area (TPSA) is 28.5 Å². The van der Waals surface area contributed by atoms with E-state index in [0.29, 0.717) is 5.11 Å². The molecule has 0 saturated heterocycles. The molecule has 0 radical (unpaired) electrons. The van der Waals surface area contributed by atoms with Gasteiger partial charge >= 0.3 is 0 Å². The van der Waals surface area contributed by atoms with E-state index >= 15 is 0 Å². The van der Waals surface area contributed by atoms with E-state index in [2.05, 4.69) is 30.8 Å². The van der Waals surface area contributed by atoms with Crippen LogP contribution in [0.3, 0.4) is 0 Å². The predicted octanol–water partition coefficient (Wildman–Crippen LogP) is 3.31. The number of hydrogen-bond acceptors (Lipinski definition) is 2. The van der Waals surface area contributed by atoms with Gasteiger partial charge in [-0.2, -0.15) is 0 Å². The lowest BCUT2D eigenvalue weighted by Crippen LogP contribution is -3.05. The van der Waals surface area contributed by atoms with Gasteiger partial charge in [0.2, 0.25) is 0 Å². The third-order valence-corrected chi connectivity index (χ3v) is 4.90. The van der Waals surface area contributed by atoms with Crippen molar-refractivity contribution in [1.82, 2.24) is 5.32 Å². The Kier molecular flexibility index (Phi) is 7.85. The summed E-state index contributed by atoms with van der Waals surface area (Å²) in [5, 5.41) is 7.97. The van der Waals surface area contributed by atoms with Gasteiger partial charge in [-0.25, -0.2) is 0 Å². The number of nitrogens with one attached hydrogen (secondary N) is 3. The van der Waals surface area contributed by atoms with Crippen LogP contribution in [-0.2, 0) is 0 Å². The lowest BCUT2D eigenvalue weighted by molar-refractivity contribution is -0.858. The Bertz CT molecular complexity index is 660. The summed E-state index contributed by atoms with van der Waals surface area (Å²) in [5.41, 5.74) is 1.01. The fourth-order valence-corrected chi connectivity index (χ4v) is 3.34. The number of hydrogen-bond donors (Lipinski definition) is 3. The summed E-state index contributed by atoms with van der Waals surface area (Å²) in [6, 6.07) is 16.0. The molecular formula is C18H23ClN3S2+. The van der Waals surface area contributed by atoms with Crippen molar-refractivity contribution in [1.29, 1.82) is 0 Å². The predicted molar refractivity (Wildman–Crippen MR) is 109 cm³/mol. The number of quaternary nitrogens is 1. The van der Waals surface area contributed by atoms with Crippen molar-refractivity contribution in [3.05, 3.63) is 53.6 Å². The second-order valence-electron chi connectivity index (χ2n) is 5.74. The lowest BCUT2D eigenvalue weighted by Gasteiger charge is -2.14. The molecule has 2 rings (SSSR count). The number of para-hydroxylation sites is 1. The smallest absolute Gasteiger partial charge is 0.170 e. The molecule has 3 nitrogen and oxygen atoms in total. The molecule has 0 spiro atoms. The molecule has 0 heterocycles. The maximum Gasteiger partial charge on any atom is 0.170 e. The summed E-state index contributed by atoms with van der Waals surface area (Å²) in [6.45, 7) is 2.00. The highest BCUT2D eigenvalue weighted by Gasteiger charge is 2.06. The molecule has 0 aliphatic heterocycles. The van der Waals surface area contributed by atoms with E-state index in [1.165, 1.54) is 4.90 Å². The van der Waals surface area contributed by atoms with Crippen LogP contribution in [0.4, 0.5) is 5.69 Å². The molecular weight excluding hydrogens is 358 g/mol. The largest absolute Gasteiger partial charge is 0.362 e. The molecule has 0 atom stereocenters. The van der Waals surface area contributed by atoms with Crippen molar-refractivity contribution in [2.45, 2.75) is 16.2 Å². The van der Waals surface area contributed by atoms with E-state index in [-0.39, 0.29) is 0 Å². The number of thiocarbonyl (C=S) groups is 1. The highest BCUT2D eigenvalue weighted by Crippen LogP contribution is 2.33. The molecule has 128 valence electrons. The zero-order chi connectivity index (χ0) is 17.4. The van der Waals surface area contributed by atoms with E-state index in [1.807, 2.05) is 42.5 Å². The van der Waals surface area contributed by atoms with Crippen LogP contribution < -0.4 is 15.5 Å². The van der Waals surface area contributed by atoms with Crippen LogP contribution in [0.15, 0.2) is 58.3 Å². The molecule has 0 aliphatic rings. The van der Waals surface area contributed by atoms with Crippen LogP contribution in [0.2, 0.25) is 5.02 Å². The first kappa shape index (κ1) is 19.1. The summed E-state index contributed by atoms with van der Waals surface area (Å²) in [4.78, 5) is 3.71. The molecule has 0 amide bonds. The number of anilines is 1. The van der Waals surface area contributed by atoms with Gasteiger partial charge < -0.3 is 15.5 Å². The molecule has 24 heavy (non-hydrogen) atoms. The van der Waals surface area contributed by atoms with Gasteiger partial charge in [-0.3, -0.25) is 0 Å². The van der Waals surface area contributed by atoms with Gasteiger partial charge in [0, 0.05) is 27.8 Å². The molecule has 0 unspecified atom stereocenters. The Morgan fingerprint density at radius 1 is 1.12 bits per heavy atom. The molecule has 2 aromatic carbocycles. The average molecular weight is 381 g/mol. The molecule has 0 saturated carbocycles. The minimum absolute atomic E-state index is 0.660.